The molecule has 10 rings (SSSR count). The van der Waals surface area contributed by atoms with Crippen LogP contribution in [0.1, 0.15) is 12.5 Å². The quantitative estimate of drug-likeness (QED) is 0.118. The monoisotopic (exact) mass is 598 g/mol. The van der Waals surface area contributed by atoms with Crippen LogP contribution in [0.2, 0.25) is 0 Å². The van der Waals surface area contributed by atoms with Crippen molar-refractivity contribution in [3.8, 4) is 0 Å². The second-order valence-electron chi connectivity index (χ2n) is 12.5. The molecule has 220 valence electrons. The van der Waals surface area contributed by atoms with Crippen molar-refractivity contribution >= 4 is 98.0 Å². The summed E-state index contributed by atoms with van der Waals surface area (Å²) in [6, 6.07) is 46.6. The topological polar surface area (TPSA) is 20.7 Å². The second kappa shape index (κ2) is 9.69. The van der Waals surface area contributed by atoms with Gasteiger partial charge >= 0.3 is 0 Å². The van der Waals surface area contributed by atoms with Crippen molar-refractivity contribution in [2.75, 3.05) is 0 Å². The smallest absolute Gasteiger partial charge is 0.0553 e. The number of allylic oxidation sites excluding steroid dienone is 5. The minimum atomic E-state index is 1.09. The minimum Gasteiger partial charge on any atom is -0.354 e. The molecule has 0 fully saturated rings. The number of aromatic nitrogens is 2. The fourth-order valence-electron chi connectivity index (χ4n) is 8.25. The summed E-state index contributed by atoms with van der Waals surface area (Å²) in [5.41, 5.74) is 8.10. The highest BCUT2D eigenvalue weighted by Crippen LogP contribution is 2.48. The fourth-order valence-corrected chi connectivity index (χ4v) is 8.25. The summed E-state index contributed by atoms with van der Waals surface area (Å²) < 4.78 is 2.44. The van der Waals surface area contributed by atoms with Crippen LogP contribution in [0.5, 0.6) is 0 Å². The van der Waals surface area contributed by atoms with Gasteiger partial charge in [-0.1, -0.05) is 122 Å². The van der Waals surface area contributed by atoms with Crippen LogP contribution in [0.4, 0.5) is 0 Å². The summed E-state index contributed by atoms with van der Waals surface area (Å²) in [6.45, 7) is 6.32. The summed E-state index contributed by atoms with van der Waals surface area (Å²) in [5, 5.41) is 15.5. The highest BCUT2D eigenvalue weighted by atomic mass is 15.0. The number of hydrogen-bond donors (Lipinski definition) is 1. The Kier molecular flexibility index (Phi) is 5.39. The molecule has 0 spiro atoms. The maximum Gasteiger partial charge on any atom is 0.0553 e. The maximum absolute atomic E-state index is 4.19. The van der Waals surface area contributed by atoms with E-state index in [0.717, 1.165) is 16.8 Å². The molecule has 0 aliphatic rings. The third-order valence-electron chi connectivity index (χ3n) is 10.2. The Morgan fingerprint density at radius 1 is 0.532 bits per heavy atom. The van der Waals surface area contributed by atoms with E-state index < -0.39 is 0 Å². The van der Waals surface area contributed by atoms with Gasteiger partial charge in [-0.3, -0.25) is 0 Å². The number of H-pyrrole nitrogens is 1. The number of aromatic amines is 1. The van der Waals surface area contributed by atoms with Gasteiger partial charge in [0.15, 0.2) is 0 Å². The summed E-state index contributed by atoms with van der Waals surface area (Å²) >= 11 is 0. The van der Waals surface area contributed by atoms with E-state index in [1.165, 1.54) is 86.7 Å². The third kappa shape index (κ3) is 3.50. The van der Waals surface area contributed by atoms with Gasteiger partial charge in [0.2, 0.25) is 0 Å². The molecule has 0 aliphatic carbocycles. The molecule has 0 bridgehead atoms. The van der Waals surface area contributed by atoms with Gasteiger partial charge in [0.1, 0.15) is 0 Å². The Morgan fingerprint density at radius 2 is 1.15 bits per heavy atom. The Bertz CT molecular complexity index is 2960. The molecule has 8 aromatic carbocycles. The van der Waals surface area contributed by atoms with E-state index in [1.807, 2.05) is 6.08 Å². The van der Waals surface area contributed by atoms with Crippen LogP contribution in [0.15, 0.2) is 152 Å². The summed E-state index contributed by atoms with van der Waals surface area (Å²) in [4.78, 5) is 3.75. The minimum absolute atomic E-state index is 1.09. The van der Waals surface area contributed by atoms with Crippen LogP contribution in [0, 0.1) is 0 Å². The van der Waals surface area contributed by atoms with Crippen LogP contribution in [-0.2, 0) is 0 Å². The first-order valence-corrected chi connectivity index (χ1v) is 16.3. The van der Waals surface area contributed by atoms with Crippen molar-refractivity contribution in [3.05, 3.63) is 158 Å². The van der Waals surface area contributed by atoms with Crippen molar-refractivity contribution in [2.45, 2.75) is 6.92 Å². The molecule has 0 radical (unpaired) electrons. The molecule has 0 saturated heterocycles. The standard InChI is InChI=1S/C45H30N2/c1-3-27(28-14-6-5-7-15-28)24-29(4-2)47-40-23-11-9-17-33(40)45-35-21-13-19-31-30-18-12-20-34-42(30)36(37(43(31)35)26-41(45)47)25-39-44(34)32-16-8-10-22-38(32)46-39/h3-26,46H,1H2,2H3/b27-24+,29-4+. The van der Waals surface area contributed by atoms with Crippen LogP contribution in [-0.4, -0.2) is 9.55 Å². The first-order chi connectivity index (χ1) is 23.2. The van der Waals surface area contributed by atoms with Gasteiger partial charge in [-0.25, -0.2) is 0 Å². The van der Waals surface area contributed by atoms with Gasteiger partial charge in [-0.15, -0.1) is 0 Å². The van der Waals surface area contributed by atoms with Gasteiger partial charge in [0.25, 0.3) is 0 Å². The van der Waals surface area contributed by atoms with Crippen molar-refractivity contribution in [3.63, 3.8) is 0 Å². The zero-order valence-electron chi connectivity index (χ0n) is 26.0. The molecule has 0 atom stereocenters. The average molecular weight is 599 g/mol. The predicted molar refractivity (Wildman–Crippen MR) is 205 cm³/mol. The van der Waals surface area contributed by atoms with E-state index in [0.29, 0.717) is 0 Å². The number of fused-ring (bicyclic) bond motifs is 10. The fraction of sp³-hybridized carbons (Fsp3) is 0.0222. The van der Waals surface area contributed by atoms with Crippen molar-refractivity contribution in [1.82, 2.24) is 9.55 Å². The zero-order valence-corrected chi connectivity index (χ0v) is 26.0. The highest BCUT2D eigenvalue weighted by molar-refractivity contribution is 6.41. The molecule has 1 N–H and O–H groups in total. The molecule has 0 saturated carbocycles. The second-order valence-corrected chi connectivity index (χ2v) is 12.5. The lowest BCUT2D eigenvalue weighted by Gasteiger charge is -2.17. The summed E-state index contributed by atoms with van der Waals surface area (Å²) in [5.74, 6) is 0. The first kappa shape index (κ1) is 26.1. The molecule has 0 aliphatic heterocycles. The number of nitrogens with one attached hydrogen (secondary N) is 1. The molecule has 2 nitrogen and oxygen atoms in total. The van der Waals surface area contributed by atoms with Gasteiger partial charge in [-0.05, 0) is 91.5 Å². The Labute approximate surface area is 271 Å². The number of rotatable bonds is 4. The molecule has 2 heteroatoms. The molecular weight excluding hydrogens is 569 g/mol. The van der Waals surface area contributed by atoms with Crippen LogP contribution in [0.25, 0.3) is 98.0 Å². The number of benzene rings is 8. The highest BCUT2D eigenvalue weighted by Gasteiger charge is 2.22. The van der Waals surface area contributed by atoms with E-state index in [1.54, 1.807) is 0 Å². The van der Waals surface area contributed by atoms with Crippen molar-refractivity contribution < 1.29 is 0 Å². The molecule has 0 amide bonds. The van der Waals surface area contributed by atoms with E-state index >= 15 is 0 Å². The zero-order chi connectivity index (χ0) is 31.2. The molecule has 10 aromatic rings. The molecular formula is C45H30N2. The van der Waals surface area contributed by atoms with Crippen LogP contribution < -0.4 is 0 Å². The van der Waals surface area contributed by atoms with Crippen LogP contribution in [0.3, 0.4) is 0 Å². The molecule has 0 unspecified atom stereocenters. The predicted octanol–water partition coefficient (Wildman–Crippen LogP) is 12.6. The van der Waals surface area contributed by atoms with Crippen molar-refractivity contribution in [2.24, 2.45) is 0 Å². The van der Waals surface area contributed by atoms with Gasteiger partial charge in [-0.2, -0.15) is 0 Å². The number of hydrogen-bond acceptors (Lipinski definition) is 0. The number of nitrogens with zero attached hydrogens (tertiary/aromatic N) is 1. The largest absolute Gasteiger partial charge is 0.354 e. The van der Waals surface area contributed by atoms with E-state index in [9.17, 15) is 0 Å². The Morgan fingerprint density at radius 3 is 1.89 bits per heavy atom. The normalized spacial score (nSPS) is 13.1. The average Bonchev–Trinajstić information content (AvgIpc) is 3.67. The van der Waals surface area contributed by atoms with Gasteiger partial charge in [0, 0.05) is 38.3 Å². The Balaban J connectivity index is 1.41. The SMILES string of the molecule is C=C/C(=C\C(=C/C)n1c2ccccc2c2c3cccc4c5cccc6c7c(cc(c(cc21)c43)c56)[nH]c1ccccc17)c1ccccc1. The molecule has 2 aromatic heterocycles. The molecule has 47 heavy (non-hydrogen) atoms. The lowest BCUT2D eigenvalue weighted by Crippen LogP contribution is -1.96. The van der Waals surface area contributed by atoms with Gasteiger partial charge in [0.05, 0.1) is 11.0 Å². The van der Waals surface area contributed by atoms with Crippen molar-refractivity contribution in [1.29, 1.82) is 0 Å². The lowest BCUT2D eigenvalue weighted by molar-refractivity contribution is 1.23. The van der Waals surface area contributed by atoms with E-state index in [4.69, 9.17) is 0 Å². The lowest BCUT2D eigenvalue weighted by atomic mass is 9.87. The third-order valence-corrected chi connectivity index (χ3v) is 10.2. The van der Waals surface area contributed by atoms with Crippen LogP contribution >= 0.6 is 0 Å². The van der Waals surface area contributed by atoms with E-state index in [-0.39, 0.29) is 0 Å². The maximum atomic E-state index is 4.19. The van der Waals surface area contributed by atoms with Gasteiger partial charge < -0.3 is 9.55 Å². The molecule has 2 heterocycles. The number of para-hydroxylation sites is 2. The first-order valence-electron chi connectivity index (χ1n) is 16.3. The van der Waals surface area contributed by atoms with E-state index in [2.05, 4.69) is 163 Å². The Hall–Kier alpha value is -6.12. The summed E-state index contributed by atoms with van der Waals surface area (Å²) in [7, 11) is 0. The summed E-state index contributed by atoms with van der Waals surface area (Å²) in [6.07, 6.45) is 6.44.